The minimum absolute atomic E-state index is 0.0167. The highest BCUT2D eigenvalue weighted by molar-refractivity contribution is 5.91. The predicted molar refractivity (Wildman–Crippen MR) is 77.8 cm³/mol. The largest absolute Gasteiger partial charge is 0.367 e. The Morgan fingerprint density at radius 1 is 1.23 bits per heavy atom. The quantitative estimate of drug-likeness (QED) is 0.657. The fraction of sp³-hybridized carbons (Fsp3) is 0.133. The number of ether oxygens (including phenoxy) is 1. The fourth-order valence-electron chi connectivity index (χ4n) is 1.77. The fourth-order valence-corrected chi connectivity index (χ4v) is 1.77. The van der Waals surface area contributed by atoms with Gasteiger partial charge in [-0.15, -0.1) is 0 Å². The third kappa shape index (κ3) is 4.35. The van der Waals surface area contributed by atoms with Gasteiger partial charge in [0.15, 0.2) is 0 Å². The summed E-state index contributed by atoms with van der Waals surface area (Å²) in [5, 5.41) is 13.1. The maximum atomic E-state index is 13.4. The zero-order valence-electron chi connectivity index (χ0n) is 11.5. The van der Waals surface area contributed by atoms with Crippen molar-refractivity contribution in [2.45, 2.75) is 6.61 Å². The van der Waals surface area contributed by atoms with Crippen LogP contribution in [0.2, 0.25) is 0 Å². The van der Waals surface area contributed by atoms with Gasteiger partial charge in [0.2, 0.25) is 11.7 Å². The van der Waals surface area contributed by atoms with Gasteiger partial charge in [-0.2, -0.15) is 4.39 Å². The number of para-hydroxylation sites is 1. The van der Waals surface area contributed by atoms with Crippen molar-refractivity contribution in [3.05, 3.63) is 70.0 Å². The highest BCUT2D eigenvalue weighted by Crippen LogP contribution is 2.18. The van der Waals surface area contributed by atoms with E-state index >= 15 is 0 Å². The molecular weight excluding hydrogens is 291 g/mol. The molecule has 22 heavy (non-hydrogen) atoms. The number of anilines is 1. The van der Waals surface area contributed by atoms with Crippen LogP contribution in [0.1, 0.15) is 5.56 Å². The SMILES string of the molecule is O=C(COCc1ccc([N+](=O)[O-])c(F)c1)Nc1ccccc1. The van der Waals surface area contributed by atoms with Crippen LogP contribution in [0.4, 0.5) is 15.8 Å². The number of carbonyl (C=O) groups excluding carboxylic acids is 1. The smallest absolute Gasteiger partial charge is 0.304 e. The lowest BCUT2D eigenvalue weighted by Gasteiger charge is -2.06. The molecule has 0 aliphatic heterocycles. The number of hydrogen-bond donors (Lipinski definition) is 1. The molecule has 0 atom stereocenters. The first kappa shape index (κ1) is 15.6. The molecule has 2 aromatic rings. The number of benzene rings is 2. The molecule has 1 N–H and O–H groups in total. The number of nitro groups is 1. The summed E-state index contributed by atoms with van der Waals surface area (Å²) in [4.78, 5) is 21.3. The van der Waals surface area contributed by atoms with Gasteiger partial charge in [0, 0.05) is 11.8 Å². The number of nitrogens with one attached hydrogen (secondary N) is 1. The van der Waals surface area contributed by atoms with E-state index in [2.05, 4.69) is 5.32 Å². The Bertz CT molecular complexity index is 676. The second-order valence-electron chi connectivity index (χ2n) is 4.45. The topological polar surface area (TPSA) is 81.5 Å². The summed E-state index contributed by atoms with van der Waals surface area (Å²) in [6.07, 6.45) is 0. The monoisotopic (exact) mass is 304 g/mol. The molecule has 114 valence electrons. The molecule has 2 aromatic carbocycles. The zero-order valence-corrected chi connectivity index (χ0v) is 11.5. The van der Waals surface area contributed by atoms with Crippen molar-refractivity contribution in [3.63, 3.8) is 0 Å². The molecule has 0 aliphatic carbocycles. The average Bonchev–Trinajstić information content (AvgIpc) is 2.48. The molecule has 0 spiro atoms. The van der Waals surface area contributed by atoms with E-state index in [4.69, 9.17) is 4.74 Å². The normalized spacial score (nSPS) is 10.2. The van der Waals surface area contributed by atoms with Crippen LogP contribution in [-0.4, -0.2) is 17.4 Å². The van der Waals surface area contributed by atoms with Crippen LogP contribution in [0.25, 0.3) is 0 Å². The van der Waals surface area contributed by atoms with E-state index in [9.17, 15) is 19.3 Å². The Hall–Kier alpha value is -2.80. The van der Waals surface area contributed by atoms with Crippen molar-refractivity contribution < 1.29 is 18.8 Å². The van der Waals surface area contributed by atoms with Crippen molar-refractivity contribution in [3.8, 4) is 0 Å². The summed E-state index contributed by atoms with van der Waals surface area (Å²) in [6, 6.07) is 12.4. The first-order chi connectivity index (χ1) is 10.6. The summed E-state index contributed by atoms with van der Waals surface area (Å²) < 4.78 is 18.6. The van der Waals surface area contributed by atoms with Crippen molar-refractivity contribution in [2.24, 2.45) is 0 Å². The van der Waals surface area contributed by atoms with Crippen molar-refractivity contribution in [2.75, 3.05) is 11.9 Å². The van der Waals surface area contributed by atoms with Crippen molar-refractivity contribution in [1.82, 2.24) is 0 Å². The van der Waals surface area contributed by atoms with Gasteiger partial charge >= 0.3 is 5.69 Å². The van der Waals surface area contributed by atoms with Gasteiger partial charge < -0.3 is 10.1 Å². The van der Waals surface area contributed by atoms with Gasteiger partial charge in [-0.3, -0.25) is 14.9 Å². The number of nitrogens with zero attached hydrogens (tertiary/aromatic N) is 1. The molecule has 6 nitrogen and oxygen atoms in total. The molecule has 0 heterocycles. The van der Waals surface area contributed by atoms with Crippen LogP contribution in [-0.2, 0) is 16.1 Å². The van der Waals surface area contributed by atoms with Gasteiger partial charge in [0.25, 0.3) is 0 Å². The van der Waals surface area contributed by atoms with E-state index < -0.39 is 16.4 Å². The molecule has 0 fully saturated rings. The van der Waals surface area contributed by atoms with E-state index in [-0.39, 0.29) is 19.1 Å². The molecule has 0 saturated heterocycles. The first-order valence-corrected chi connectivity index (χ1v) is 6.42. The Balaban J connectivity index is 1.82. The molecule has 0 bridgehead atoms. The lowest BCUT2D eigenvalue weighted by molar-refractivity contribution is -0.387. The summed E-state index contributed by atoms with van der Waals surface area (Å²) in [5.74, 6) is -1.27. The second kappa shape index (κ2) is 7.28. The first-order valence-electron chi connectivity index (χ1n) is 6.42. The van der Waals surface area contributed by atoms with Gasteiger partial charge in [0.05, 0.1) is 11.5 Å². The number of halogens is 1. The standard InChI is InChI=1S/C15H13FN2O4/c16-13-8-11(6-7-14(13)18(20)21)9-22-10-15(19)17-12-4-2-1-3-5-12/h1-8H,9-10H2,(H,17,19). The Morgan fingerprint density at radius 3 is 2.59 bits per heavy atom. The van der Waals surface area contributed by atoms with Crippen LogP contribution in [0.15, 0.2) is 48.5 Å². The number of carbonyl (C=O) groups is 1. The minimum atomic E-state index is -0.931. The molecule has 0 saturated carbocycles. The summed E-state index contributed by atoms with van der Waals surface area (Å²) in [7, 11) is 0. The molecule has 1 amide bonds. The zero-order chi connectivity index (χ0) is 15.9. The van der Waals surface area contributed by atoms with Gasteiger partial charge in [0.1, 0.15) is 6.61 Å². The Morgan fingerprint density at radius 2 is 1.95 bits per heavy atom. The van der Waals surface area contributed by atoms with Crippen LogP contribution in [0, 0.1) is 15.9 Å². The highest BCUT2D eigenvalue weighted by atomic mass is 19.1. The number of hydrogen-bond acceptors (Lipinski definition) is 4. The van der Waals surface area contributed by atoms with Gasteiger partial charge in [-0.1, -0.05) is 18.2 Å². The van der Waals surface area contributed by atoms with E-state index in [1.165, 1.54) is 6.07 Å². The molecule has 0 aromatic heterocycles. The second-order valence-corrected chi connectivity index (χ2v) is 4.45. The van der Waals surface area contributed by atoms with Crippen LogP contribution in [0.3, 0.4) is 0 Å². The van der Waals surface area contributed by atoms with E-state index in [0.717, 1.165) is 12.1 Å². The lowest BCUT2D eigenvalue weighted by Crippen LogP contribution is -2.18. The minimum Gasteiger partial charge on any atom is -0.367 e. The van der Waals surface area contributed by atoms with Crippen LogP contribution >= 0.6 is 0 Å². The Labute approximate surface area is 125 Å². The third-order valence-electron chi connectivity index (χ3n) is 2.77. The average molecular weight is 304 g/mol. The van der Waals surface area contributed by atoms with Crippen molar-refractivity contribution >= 4 is 17.3 Å². The summed E-state index contributed by atoms with van der Waals surface area (Å²) >= 11 is 0. The van der Waals surface area contributed by atoms with Crippen molar-refractivity contribution in [1.29, 1.82) is 0 Å². The number of rotatable bonds is 6. The predicted octanol–water partition coefficient (Wildman–Crippen LogP) is 2.89. The maximum absolute atomic E-state index is 13.4. The van der Waals surface area contributed by atoms with Gasteiger partial charge in [-0.05, 0) is 29.8 Å². The molecule has 7 heteroatoms. The molecule has 0 aliphatic rings. The summed E-state index contributed by atoms with van der Waals surface area (Å²) in [5.41, 5.74) is 0.471. The maximum Gasteiger partial charge on any atom is 0.304 e. The van der Waals surface area contributed by atoms with E-state index in [1.807, 2.05) is 6.07 Å². The lowest BCUT2D eigenvalue weighted by atomic mass is 10.2. The van der Waals surface area contributed by atoms with Crippen LogP contribution in [0.5, 0.6) is 0 Å². The van der Waals surface area contributed by atoms with E-state index in [0.29, 0.717) is 11.3 Å². The molecule has 0 unspecified atom stereocenters. The van der Waals surface area contributed by atoms with Gasteiger partial charge in [-0.25, -0.2) is 0 Å². The number of amides is 1. The van der Waals surface area contributed by atoms with Crippen LogP contribution < -0.4 is 5.32 Å². The highest BCUT2D eigenvalue weighted by Gasteiger charge is 2.13. The number of nitro benzene ring substituents is 1. The third-order valence-corrected chi connectivity index (χ3v) is 2.77. The Kier molecular flexibility index (Phi) is 5.16. The van der Waals surface area contributed by atoms with E-state index in [1.54, 1.807) is 24.3 Å². The molecular formula is C15H13FN2O4. The summed E-state index contributed by atoms with van der Waals surface area (Å²) in [6.45, 7) is -0.218. The molecule has 2 rings (SSSR count). The molecule has 0 radical (unpaired) electrons.